The van der Waals surface area contributed by atoms with E-state index in [4.69, 9.17) is 11.6 Å². The number of benzene rings is 1. The van der Waals surface area contributed by atoms with Gasteiger partial charge in [-0.3, -0.25) is 14.5 Å². The van der Waals surface area contributed by atoms with Crippen molar-refractivity contribution in [3.05, 3.63) is 34.9 Å². The van der Waals surface area contributed by atoms with Gasteiger partial charge in [-0.05, 0) is 38.1 Å². The summed E-state index contributed by atoms with van der Waals surface area (Å²) in [4.78, 5) is 24.8. The highest BCUT2D eigenvalue weighted by atomic mass is 35.5. The average Bonchev–Trinajstić information content (AvgIpc) is 2.51. The Bertz CT molecular complexity index is 491. The maximum Gasteiger partial charge on any atom is 0.305 e. The Hall–Kier alpha value is -1.59. The number of esters is 1. The third kappa shape index (κ3) is 6.45. The number of rotatable bonds is 8. The molecule has 0 bridgehead atoms. The van der Waals surface area contributed by atoms with Gasteiger partial charge in [0.15, 0.2) is 0 Å². The Labute approximate surface area is 136 Å². The molecule has 0 saturated heterocycles. The minimum absolute atomic E-state index is 0.0619. The number of nitrogens with zero attached hydrogens (tertiary/aromatic N) is 1. The van der Waals surface area contributed by atoms with Gasteiger partial charge in [0.1, 0.15) is 0 Å². The molecule has 0 saturated carbocycles. The van der Waals surface area contributed by atoms with Crippen molar-refractivity contribution in [1.29, 1.82) is 0 Å². The van der Waals surface area contributed by atoms with Gasteiger partial charge >= 0.3 is 5.97 Å². The number of carbonyl (C=O) groups excluding carboxylic acids is 2. The van der Waals surface area contributed by atoms with Crippen LogP contribution in [0.5, 0.6) is 0 Å². The van der Waals surface area contributed by atoms with Gasteiger partial charge in [0, 0.05) is 24.0 Å². The second kappa shape index (κ2) is 9.43. The SMILES string of the molecule is COC(=O)CCCNC(=O)CN(C)C(C)c1ccc(Cl)cc1. The lowest BCUT2D eigenvalue weighted by Crippen LogP contribution is -2.36. The second-order valence-corrected chi connectivity index (χ2v) is 5.61. The van der Waals surface area contributed by atoms with Gasteiger partial charge in [0.2, 0.25) is 5.91 Å². The van der Waals surface area contributed by atoms with Gasteiger partial charge in [-0.15, -0.1) is 0 Å². The molecular weight excluding hydrogens is 304 g/mol. The predicted octanol–water partition coefficient (Wildman–Crippen LogP) is 2.40. The highest BCUT2D eigenvalue weighted by Crippen LogP contribution is 2.20. The maximum absolute atomic E-state index is 11.9. The van der Waals surface area contributed by atoms with Gasteiger partial charge in [-0.2, -0.15) is 0 Å². The number of amides is 1. The fourth-order valence-electron chi connectivity index (χ4n) is 1.98. The quantitative estimate of drug-likeness (QED) is 0.588. The summed E-state index contributed by atoms with van der Waals surface area (Å²) < 4.78 is 4.54. The Morgan fingerprint density at radius 2 is 1.95 bits per heavy atom. The number of hydrogen-bond donors (Lipinski definition) is 1. The van der Waals surface area contributed by atoms with E-state index in [9.17, 15) is 9.59 Å². The summed E-state index contributed by atoms with van der Waals surface area (Å²) in [6.45, 7) is 2.80. The third-order valence-electron chi connectivity index (χ3n) is 3.51. The Balaban J connectivity index is 2.34. The van der Waals surface area contributed by atoms with Gasteiger partial charge < -0.3 is 10.1 Å². The van der Waals surface area contributed by atoms with Crippen LogP contribution in [-0.4, -0.2) is 44.0 Å². The van der Waals surface area contributed by atoms with Crippen LogP contribution >= 0.6 is 11.6 Å². The van der Waals surface area contributed by atoms with Crippen LogP contribution in [0.1, 0.15) is 31.4 Å². The van der Waals surface area contributed by atoms with E-state index in [0.717, 1.165) is 5.56 Å². The van der Waals surface area contributed by atoms with Gasteiger partial charge in [0.05, 0.1) is 13.7 Å². The fraction of sp³-hybridized carbons (Fsp3) is 0.500. The first-order valence-electron chi connectivity index (χ1n) is 7.23. The monoisotopic (exact) mass is 326 g/mol. The van der Waals surface area contributed by atoms with Crippen molar-refractivity contribution in [1.82, 2.24) is 10.2 Å². The molecule has 0 aromatic heterocycles. The van der Waals surface area contributed by atoms with Crippen molar-refractivity contribution in [3.63, 3.8) is 0 Å². The number of carbonyl (C=O) groups is 2. The van der Waals surface area contributed by atoms with Crippen molar-refractivity contribution in [2.75, 3.05) is 27.2 Å². The largest absolute Gasteiger partial charge is 0.469 e. The van der Waals surface area contributed by atoms with Crippen molar-refractivity contribution >= 4 is 23.5 Å². The van der Waals surface area contributed by atoms with Crippen LogP contribution in [0.2, 0.25) is 5.02 Å². The van der Waals surface area contributed by atoms with Crippen LogP contribution in [0.3, 0.4) is 0 Å². The second-order valence-electron chi connectivity index (χ2n) is 5.17. The maximum atomic E-state index is 11.9. The van der Waals surface area contributed by atoms with E-state index in [1.165, 1.54) is 7.11 Å². The summed E-state index contributed by atoms with van der Waals surface area (Å²) in [6, 6.07) is 7.70. The molecule has 22 heavy (non-hydrogen) atoms. The molecular formula is C16H23ClN2O3. The van der Waals surface area contributed by atoms with Crippen LogP contribution in [0.15, 0.2) is 24.3 Å². The molecule has 122 valence electrons. The first-order valence-corrected chi connectivity index (χ1v) is 7.61. The molecule has 1 aromatic rings. The number of likely N-dealkylation sites (N-methyl/N-ethyl adjacent to an activating group) is 1. The minimum Gasteiger partial charge on any atom is -0.469 e. The normalized spacial score (nSPS) is 12.0. The summed E-state index contributed by atoms with van der Waals surface area (Å²) in [7, 11) is 3.25. The van der Waals surface area contributed by atoms with Crippen molar-refractivity contribution in [2.45, 2.75) is 25.8 Å². The predicted molar refractivity (Wildman–Crippen MR) is 86.8 cm³/mol. The summed E-state index contributed by atoms with van der Waals surface area (Å²) >= 11 is 5.87. The number of halogens is 1. The van der Waals surface area contributed by atoms with E-state index in [1.807, 2.05) is 43.1 Å². The number of ether oxygens (including phenoxy) is 1. The average molecular weight is 327 g/mol. The molecule has 5 nitrogen and oxygen atoms in total. The lowest BCUT2D eigenvalue weighted by atomic mass is 10.1. The van der Waals surface area contributed by atoms with E-state index in [1.54, 1.807) is 0 Å². The molecule has 0 spiro atoms. The summed E-state index contributed by atoms with van der Waals surface area (Å²) in [5.41, 5.74) is 1.10. The highest BCUT2D eigenvalue weighted by Gasteiger charge is 2.14. The zero-order valence-electron chi connectivity index (χ0n) is 13.3. The zero-order valence-corrected chi connectivity index (χ0v) is 14.0. The van der Waals surface area contributed by atoms with Crippen LogP contribution in [0.25, 0.3) is 0 Å². The molecule has 1 amide bonds. The minimum atomic E-state index is -0.261. The molecule has 0 fully saturated rings. The van der Waals surface area contributed by atoms with E-state index in [-0.39, 0.29) is 17.9 Å². The first kappa shape index (κ1) is 18.5. The molecule has 1 N–H and O–H groups in total. The summed E-state index contributed by atoms with van der Waals surface area (Å²) in [5, 5.41) is 3.50. The Morgan fingerprint density at radius 3 is 2.55 bits per heavy atom. The number of nitrogens with one attached hydrogen (secondary N) is 1. The molecule has 0 aliphatic carbocycles. The standard InChI is InChI=1S/C16H23ClN2O3/c1-12(13-6-8-14(17)9-7-13)19(2)11-15(20)18-10-4-5-16(21)22-3/h6-9,12H,4-5,10-11H2,1-3H3,(H,18,20). The Morgan fingerprint density at radius 1 is 1.32 bits per heavy atom. The molecule has 0 radical (unpaired) electrons. The van der Waals surface area contributed by atoms with Crippen molar-refractivity contribution < 1.29 is 14.3 Å². The first-order chi connectivity index (χ1) is 10.4. The smallest absolute Gasteiger partial charge is 0.305 e. The molecule has 6 heteroatoms. The molecule has 1 unspecified atom stereocenters. The topological polar surface area (TPSA) is 58.6 Å². The van der Waals surface area contributed by atoms with Crippen molar-refractivity contribution in [3.8, 4) is 0 Å². The molecule has 1 rings (SSSR count). The molecule has 0 heterocycles. The molecule has 0 aliphatic rings. The molecule has 1 atom stereocenters. The number of methoxy groups -OCH3 is 1. The van der Waals surface area contributed by atoms with E-state index < -0.39 is 0 Å². The van der Waals surface area contributed by atoms with E-state index >= 15 is 0 Å². The van der Waals surface area contributed by atoms with Crippen molar-refractivity contribution in [2.24, 2.45) is 0 Å². The van der Waals surface area contributed by atoms with Crippen LogP contribution in [0, 0.1) is 0 Å². The fourth-order valence-corrected chi connectivity index (χ4v) is 2.10. The Kier molecular flexibility index (Phi) is 7.91. The number of hydrogen-bond acceptors (Lipinski definition) is 4. The zero-order chi connectivity index (χ0) is 16.5. The highest BCUT2D eigenvalue weighted by molar-refractivity contribution is 6.30. The molecule has 1 aromatic carbocycles. The van der Waals surface area contributed by atoms with Gasteiger partial charge in [-0.1, -0.05) is 23.7 Å². The van der Waals surface area contributed by atoms with Gasteiger partial charge in [-0.25, -0.2) is 0 Å². The third-order valence-corrected chi connectivity index (χ3v) is 3.77. The van der Waals surface area contributed by atoms with Crippen LogP contribution in [0.4, 0.5) is 0 Å². The lowest BCUT2D eigenvalue weighted by molar-refractivity contribution is -0.140. The van der Waals surface area contributed by atoms with Gasteiger partial charge in [0.25, 0.3) is 0 Å². The van der Waals surface area contributed by atoms with Crippen LogP contribution in [-0.2, 0) is 14.3 Å². The molecule has 0 aliphatic heterocycles. The summed E-state index contributed by atoms with van der Waals surface area (Å²) in [5.74, 6) is -0.323. The summed E-state index contributed by atoms with van der Waals surface area (Å²) in [6.07, 6.45) is 0.892. The van der Waals surface area contributed by atoms with E-state index in [2.05, 4.69) is 10.1 Å². The lowest BCUT2D eigenvalue weighted by Gasteiger charge is -2.24. The van der Waals surface area contributed by atoms with Crippen LogP contribution < -0.4 is 5.32 Å². The van der Waals surface area contributed by atoms with E-state index in [0.29, 0.717) is 31.0 Å².